The van der Waals surface area contributed by atoms with Gasteiger partial charge in [0.1, 0.15) is 7.14 Å². The fraction of sp³-hybridized carbons (Fsp3) is 0.667. The quantitative estimate of drug-likeness (QED) is 0.459. The highest BCUT2D eigenvalue weighted by Gasteiger charge is 2.19. The lowest BCUT2D eigenvalue weighted by atomic mass is 10.2. The van der Waals surface area contributed by atoms with E-state index in [1.807, 2.05) is 18.6 Å². The predicted molar refractivity (Wildman–Crippen MR) is 36.7 cm³/mol. The summed E-state index contributed by atoms with van der Waals surface area (Å²) in [6.07, 6.45) is 2.92. The number of allylic oxidation sites excluding steroid dienone is 1. The van der Waals surface area contributed by atoms with Gasteiger partial charge in [0.25, 0.3) is 0 Å². The zero-order valence-corrected chi connectivity index (χ0v) is 6.19. The molecule has 46 valence electrons. The van der Waals surface area contributed by atoms with Crippen LogP contribution in [0.15, 0.2) is 11.9 Å². The Labute approximate surface area is 50.2 Å². The van der Waals surface area contributed by atoms with E-state index in [0.29, 0.717) is 5.92 Å². The van der Waals surface area contributed by atoms with Gasteiger partial charge in [-0.2, -0.15) is 0 Å². The molecule has 0 aromatic heterocycles. The minimum atomic E-state index is -1.78. The van der Waals surface area contributed by atoms with E-state index in [-0.39, 0.29) is 0 Å². The van der Waals surface area contributed by atoms with Crippen LogP contribution in [-0.2, 0) is 4.57 Å². The van der Waals surface area contributed by atoms with Crippen LogP contribution in [0.1, 0.15) is 6.92 Å². The van der Waals surface area contributed by atoms with Crippen molar-refractivity contribution in [1.82, 2.24) is 0 Å². The highest BCUT2D eigenvalue weighted by molar-refractivity contribution is 7.66. The van der Waals surface area contributed by atoms with E-state index in [1.165, 1.54) is 0 Å². The van der Waals surface area contributed by atoms with Crippen LogP contribution in [0.25, 0.3) is 0 Å². The second-order valence-electron chi connectivity index (χ2n) is 2.68. The largest absolute Gasteiger partial charge is 0.320 e. The van der Waals surface area contributed by atoms with Gasteiger partial charge in [-0.3, -0.25) is 0 Å². The molecule has 0 saturated carbocycles. The zero-order valence-electron chi connectivity index (χ0n) is 5.29. The first kappa shape index (κ1) is 6.10. The molecule has 0 N–H and O–H groups in total. The fourth-order valence-corrected chi connectivity index (χ4v) is 3.07. The molecule has 1 heterocycles. The van der Waals surface area contributed by atoms with Crippen molar-refractivity contribution < 1.29 is 4.57 Å². The molecule has 1 rings (SSSR count). The van der Waals surface area contributed by atoms with Crippen LogP contribution in [0.2, 0.25) is 0 Å². The fourth-order valence-electron chi connectivity index (χ4n) is 1.02. The topological polar surface area (TPSA) is 17.1 Å². The van der Waals surface area contributed by atoms with Crippen LogP contribution in [-0.4, -0.2) is 12.8 Å². The highest BCUT2D eigenvalue weighted by atomic mass is 31.2. The molecule has 0 bridgehead atoms. The van der Waals surface area contributed by atoms with Crippen LogP contribution in [0.4, 0.5) is 0 Å². The van der Waals surface area contributed by atoms with Gasteiger partial charge in [0, 0.05) is 6.16 Å². The molecule has 8 heavy (non-hydrogen) atoms. The molecular formula is C6H11OP. The van der Waals surface area contributed by atoms with Crippen molar-refractivity contribution in [2.24, 2.45) is 5.92 Å². The predicted octanol–water partition coefficient (Wildman–Crippen LogP) is 2.14. The average molecular weight is 130 g/mol. The Balaban J connectivity index is 2.73. The smallest absolute Gasteiger partial charge is 0.106 e. The van der Waals surface area contributed by atoms with Crippen molar-refractivity contribution in [2.45, 2.75) is 6.92 Å². The van der Waals surface area contributed by atoms with Crippen molar-refractivity contribution in [3.8, 4) is 0 Å². The Hall–Kier alpha value is -0.0300. The van der Waals surface area contributed by atoms with Gasteiger partial charge in [0.2, 0.25) is 0 Å². The van der Waals surface area contributed by atoms with Crippen LogP contribution in [0, 0.1) is 5.92 Å². The van der Waals surface area contributed by atoms with E-state index >= 15 is 0 Å². The first-order chi connectivity index (χ1) is 3.60. The van der Waals surface area contributed by atoms with E-state index < -0.39 is 7.14 Å². The summed E-state index contributed by atoms with van der Waals surface area (Å²) >= 11 is 0. The summed E-state index contributed by atoms with van der Waals surface area (Å²) in [5, 5.41) is 0. The molecule has 1 nitrogen and oxygen atoms in total. The highest BCUT2D eigenvalue weighted by Crippen LogP contribution is 2.49. The van der Waals surface area contributed by atoms with Gasteiger partial charge in [0.15, 0.2) is 0 Å². The summed E-state index contributed by atoms with van der Waals surface area (Å²) in [5.74, 6) is 2.42. The van der Waals surface area contributed by atoms with Gasteiger partial charge < -0.3 is 4.57 Å². The normalized spacial score (nSPS) is 45.5. The van der Waals surface area contributed by atoms with Crippen LogP contribution >= 0.6 is 7.14 Å². The summed E-state index contributed by atoms with van der Waals surface area (Å²) < 4.78 is 11.1. The molecule has 2 atom stereocenters. The molecule has 1 aliphatic heterocycles. The van der Waals surface area contributed by atoms with E-state index in [9.17, 15) is 4.57 Å². The van der Waals surface area contributed by atoms with E-state index in [2.05, 4.69) is 6.92 Å². The van der Waals surface area contributed by atoms with E-state index in [1.54, 1.807) is 0 Å². The summed E-state index contributed by atoms with van der Waals surface area (Å²) in [5.41, 5.74) is 0. The summed E-state index contributed by atoms with van der Waals surface area (Å²) in [6.45, 7) is 3.94. The maximum absolute atomic E-state index is 11.1. The van der Waals surface area contributed by atoms with Gasteiger partial charge in [0.05, 0.1) is 0 Å². The molecule has 2 heteroatoms. The minimum absolute atomic E-state index is 0.547. The summed E-state index contributed by atoms with van der Waals surface area (Å²) in [4.78, 5) is 0. The Morgan fingerprint density at radius 3 is 2.50 bits per heavy atom. The van der Waals surface area contributed by atoms with Gasteiger partial charge >= 0.3 is 0 Å². The third kappa shape index (κ3) is 1.23. The number of hydrogen-bond acceptors (Lipinski definition) is 1. The van der Waals surface area contributed by atoms with Crippen molar-refractivity contribution in [2.75, 3.05) is 12.8 Å². The molecule has 0 radical (unpaired) electrons. The van der Waals surface area contributed by atoms with Gasteiger partial charge in [-0.05, 0) is 18.4 Å². The van der Waals surface area contributed by atoms with Crippen molar-refractivity contribution >= 4 is 7.14 Å². The molecule has 0 aromatic rings. The van der Waals surface area contributed by atoms with Crippen LogP contribution < -0.4 is 0 Å². The molecule has 0 aliphatic carbocycles. The minimum Gasteiger partial charge on any atom is -0.320 e. The third-order valence-corrected chi connectivity index (χ3v) is 3.48. The Morgan fingerprint density at radius 1 is 1.75 bits per heavy atom. The molecule has 1 aliphatic rings. The van der Waals surface area contributed by atoms with Gasteiger partial charge in [-0.1, -0.05) is 13.0 Å². The standard InChI is InChI=1S/C6H11OP/c1-6-3-4-8(2,7)5-6/h3-4,6H,5H2,1-2H3. The molecule has 2 unspecified atom stereocenters. The lowest BCUT2D eigenvalue weighted by Crippen LogP contribution is -1.88. The molecule has 0 saturated heterocycles. The number of hydrogen-bond donors (Lipinski definition) is 0. The maximum Gasteiger partial charge on any atom is 0.106 e. The molecular weight excluding hydrogens is 119 g/mol. The van der Waals surface area contributed by atoms with Crippen molar-refractivity contribution in [3.05, 3.63) is 11.9 Å². The molecule has 0 amide bonds. The second kappa shape index (κ2) is 1.73. The lowest BCUT2D eigenvalue weighted by Gasteiger charge is -2.00. The van der Waals surface area contributed by atoms with E-state index in [4.69, 9.17) is 0 Å². The van der Waals surface area contributed by atoms with E-state index in [0.717, 1.165) is 6.16 Å². The summed E-state index contributed by atoms with van der Waals surface area (Å²) in [6, 6.07) is 0. The monoisotopic (exact) mass is 130 g/mol. The lowest BCUT2D eigenvalue weighted by molar-refractivity contribution is 0.582. The van der Waals surface area contributed by atoms with Crippen LogP contribution in [0.5, 0.6) is 0 Å². The molecule has 0 fully saturated rings. The zero-order chi connectivity index (χ0) is 6.20. The first-order valence-electron chi connectivity index (χ1n) is 2.86. The Bertz CT molecular complexity index is 160. The van der Waals surface area contributed by atoms with Gasteiger partial charge in [-0.25, -0.2) is 0 Å². The second-order valence-corrected chi connectivity index (χ2v) is 5.69. The van der Waals surface area contributed by atoms with Gasteiger partial charge in [-0.15, -0.1) is 0 Å². The SMILES string of the molecule is CC1C=CP(C)(=O)C1. The number of rotatable bonds is 0. The molecule has 0 aromatic carbocycles. The van der Waals surface area contributed by atoms with Crippen molar-refractivity contribution in [3.63, 3.8) is 0 Å². The van der Waals surface area contributed by atoms with Crippen LogP contribution in [0.3, 0.4) is 0 Å². The Morgan fingerprint density at radius 2 is 2.38 bits per heavy atom. The summed E-state index contributed by atoms with van der Waals surface area (Å²) in [7, 11) is -1.78. The average Bonchev–Trinajstić information content (AvgIpc) is 1.82. The first-order valence-corrected chi connectivity index (χ1v) is 5.26. The maximum atomic E-state index is 11.1. The van der Waals surface area contributed by atoms with Crippen molar-refractivity contribution in [1.29, 1.82) is 0 Å². The Kier molecular flexibility index (Phi) is 1.32. The molecule has 0 spiro atoms. The third-order valence-electron chi connectivity index (χ3n) is 1.38.